The van der Waals surface area contributed by atoms with Gasteiger partial charge in [0.25, 0.3) is 0 Å². The Labute approximate surface area is 172 Å². The number of carboxylic acid groups (broad SMARTS) is 1. The van der Waals surface area contributed by atoms with Gasteiger partial charge in [-0.2, -0.15) is 0 Å². The molecule has 7 heteroatoms. The van der Waals surface area contributed by atoms with Gasteiger partial charge in [0.1, 0.15) is 18.2 Å². The van der Waals surface area contributed by atoms with Crippen LogP contribution in [0.1, 0.15) is 28.4 Å². The standard InChI is InChI=1S/C21H20BrN3O3/c1-2-25(20-6-3-16(12-24-20)21(26)27)13-17-11-18(22)4-5-19(17)28-14-15-7-9-23-10-8-15/h3-12H,2,13-14H2,1H3,(H,26,27). The van der Waals surface area contributed by atoms with Crippen LogP contribution < -0.4 is 9.64 Å². The number of carboxylic acids is 1. The van der Waals surface area contributed by atoms with Crippen LogP contribution in [0.3, 0.4) is 0 Å². The van der Waals surface area contributed by atoms with E-state index < -0.39 is 5.97 Å². The van der Waals surface area contributed by atoms with E-state index in [1.807, 2.05) is 37.3 Å². The Morgan fingerprint density at radius 1 is 1.18 bits per heavy atom. The molecule has 28 heavy (non-hydrogen) atoms. The number of nitrogens with zero attached hydrogens (tertiary/aromatic N) is 3. The zero-order valence-corrected chi connectivity index (χ0v) is 17.0. The second-order valence-corrected chi connectivity index (χ2v) is 7.04. The van der Waals surface area contributed by atoms with Gasteiger partial charge in [0, 0.05) is 41.7 Å². The SMILES string of the molecule is CCN(Cc1cc(Br)ccc1OCc1ccncc1)c1ccc(C(=O)O)cn1. The number of hydrogen-bond acceptors (Lipinski definition) is 5. The first-order chi connectivity index (χ1) is 13.6. The summed E-state index contributed by atoms with van der Waals surface area (Å²) in [6.07, 6.45) is 4.86. The first-order valence-corrected chi connectivity index (χ1v) is 9.60. The summed E-state index contributed by atoms with van der Waals surface area (Å²) < 4.78 is 7.00. The Morgan fingerprint density at radius 3 is 2.61 bits per heavy atom. The normalized spacial score (nSPS) is 10.5. The van der Waals surface area contributed by atoms with E-state index in [1.54, 1.807) is 24.5 Å². The molecule has 3 rings (SSSR count). The number of aromatic nitrogens is 2. The molecule has 1 N–H and O–H groups in total. The lowest BCUT2D eigenvalue weighted by Gasteiger charge is -2.23. The number of benzene rings is 1. The maximum absolute atomic E-state index is 11.0. The summed E-state index contributed by atoms with van der Waals surface area (Å²) in [5, 5.41) is 9.05. The summed E-state index contributed by atoms with van der Waals surface area (Å²) in [6, 6.07) is 13.0. The molecule has 0 spiro atoms. The Kier molecular flexibility index (Phi) is 6.60. The number of carbonyl (C=O) groups is 1. The van der Waals surface area contributed by atoms with Crippen LogP contribution in [-0.2, 0) is 13.2 Å². The lowest BCUT2D eigenvalue weighted by atomic mass is 10.1. The second kappa shape index (κ2) is 9.32. The molecule has 2 aromatic heterocycles. The Balaban J connectivity index is 1.79. The molecule has 0 bridgehead atoms. The third-order valence-corrected chi connectivity index (χ3v) is 4.72. The molecule has 0 aliphatic heterocycles. The van der Waals surface area contributed by atoms with Crippen molar-refractivity contribution in [3.63, 3.8) is 0 Å². The van der Waals surface area contributed by atoms with Gasteiger partial charge in [0.2, 0.25) is 0 Å². The number of rotatable bonds is 8. The van der Waals surface area contributed by atoms with Crippen molar-refractivity contribution in [2.75, 3.05) is 11.4 Å². The zero-order valence-electron chi connectivity index (χ0n) is 15.4. The molecule has 0 saturated heterocycles. The summed E-state index contributed by atoms with van der Waals surface area (Å²) in [6.45, 7) is 3.79. The lowest BCUT2D eigenvalue weighted by Crippen LogP contribution is -2.23. The van der Waals surface area contributed by atoms with E-state index in [1.165, 1.54) is 6.20 Å². The van der Waals surface area contributed by atoms with Gasteiger partial charge >= 0.3 is 5.97 Å². The smallest absolute Gasteiger partial charge is 0.337 e. The van der Waals surface area contributed by atoms with E-state index in [-0.39, 0.29) is 5.56 Å². The first-order valence-electron chi connectivity index (χ1n) is 8.81. The molecule has 3 aromatic rings. The second-order valence-electron chi connectivity index (χ2n) is 6.12. The van der Waals surface area contributed by atoms with Gasteiger partial charge in [-0.25, -0.2) is 9.78 Å². The van der Waals surface area contributed by atoms with E-state index in [0.29, 0.717) is 19.0 Å². The van der Waals surface area contributed by atoms with Crippen LogP contribution in [0.15, 0.2) is 65.5 Å². The van der Waals surface area contributed by atoms with Crippen LogP contribution in [0.25, 0.3) is 0 Å². The molecule has 0 atom stereocenters. The summed E-state index contributed by atoms with van der Waals surface area (Å²) in [4.78, 5) is 21.4. The highest BCUT2D eigenvalue weighted by Gasteiger charge is 2.13. The third-order valence-electron chi connectivity index (χ3n) is 4.23. The molecule has 0 saturated carbocycles. The molecule has 144 valence electrons. The zero-order chi connectivity index (χ0) is 19.9. The fourth-order valence-corrected chi connectivity index (χ4v) is 3.12. The average molecular weight is 442 g/mol. The summed E-state index contributed by atoms with van der Waals surface area (Å²) >= 11 is 3.52. The number of hydrogen-bond donors (Lipinski definition) is 1. The largest absolute Gasteiger partial charge is 0.489 e. The highest BCUT2D eigenvalue weighted by Crippen LogP contribution is 2.27. The van der Waals surface area contributed by atoms with Gasteiger partial charge in [-0.05, 0) is 55.0 Å². The van der Waals surface area contributed by atoms with E-state index >= 15 is 0 Å². The van der Waals surface area contributed by atoms with Crippen molar-refractivity contribution in [1.29, 1.82) is 0 Å². The fraction of sp³-hybridized carbons (Fsp3) is 0.190. The maximum atomic E-state index is 11.0. The monoisotopic (exact) mass is 441 g/mol. The summed E-state index contributed by atoms with van der Waals surface area (Å²) in [7, 11) is 0. The van der Waals surface area contributed by atoms with Crippen LogP contribution >= 0.6 is 15.9 Å². The van der Waals surface area contributed by atoms with Crippen molar-refractivity contribution in [3.05, 3.63) is 82.2 Å². The minimum atomic E-state index is -0.985. The van der Waals surface area contributed by atoms with Crippen LogP contribution in [0, 0.1) is 0 Å². The topological polar surface area (TPSA) is 75.5 Å². The fourth-order valence-electron chi connectivity index (χ4n) is 2.71. The molecule has 0 unspecified atom stereocenters. The van der Waals surface area contributed by atoms with Crippen LogP contribution in [0.4, 0.5) is 5.82 Å². The predicted molar refractivity (Wildman–Crippen MR) is 111 cm³/mol. The van der Waals surface area contributed by atoms with Crippen molar-refractivity contribution in [3.8, 4) is 5.75 Å². The van der Waals surface area contributed by atoms with Gasteiger partial charge in [-0.1, -0.05) is 15.9 Å². The highest BCUT2D eigenvalue weighted by molar-refractivity contribution is 9.10. The quantitative estimate of drug-likeness (QED) is 0.552. The van der Waals surface area contributed by atoms with E-state index in [2.05, 4.69) is 30.8 Å². The van der Waals surface area contributed by atoms with Crippen molar-refractivity contribution >= 4 is 27.7 Å². The number of aromatic carboxylic acids is 1. The van der Waals surface area contributed by atoms with Crippen molar-refractivity contribution < 1.29 is 14.6 Å². The lowest BCUT2D eigenvalue weighted by molar-refractivity contribution is 0.0696. The Hall–Kier alpha value is -2.93. The van der Waals surface area contributed by atoms with Crippen LogP contribution in [0.2, 0.25) is 0 Å². The minimum Gasteiger partial charge on any atom is -0.489 e. The van der Waals surface area contributed by atoms with Gasteiger partial charge < -0.3 is 14.7 Å². The number of anilines is 1. The van der Waals surface area contributed by atoms with Gasteiger partial charge in [0.15, 0.2) is 0 Å². The van der Waals surface area contributed by atoms with Gasteiger partial charge in [-0.3, -0.25) is 4.98 Å². The number of ether oxygens (including phenoxy) is 1. The molecular weight excluding hydrogens is 422 g/mol. The minimum absolute atomic E-state index is 0.170. The third kappa shape index (κ3) is 5.07. The van der Waals surface area contributed by atoms with Crippen LogP contribution in [-0.4, -0.2) is 27.6 Å². The van der Waals surface area contributed by atoms with E-state index in [0.717, 1.165) is 27.9 Å². The molecule has 0 radical (unpaired) electrons. The van der Waals surface area contributed by atoms with E-state index in [9.17, 15) is 4.79 Å². The maximum Gasteiger partial charge on any atom is 0.337 e. The molecule has 1 aromatic carbocycles. The summed E-state index contributed by atoms with van der Waals surface area (Å²) in [5.41, 5.74) is 2.22. The van der Waals surface area contributed by atoms with Gasteiger partial charge in [-0.15, -0.1) is 0 Å². The first kappa shape index (κ1) is 19.8. The molecule has 0 amide bonds. The number of halogens is 1. The van der Waals surface area contributed by atoms with Crippen molar-refractivity contribution in [2.24, 2.45) is 0 Å². The predicted octanol–water partition coefficient (Wildman–Crippen LogP) is 4.54. The molecule has 6 nitrogen and oxygen atoms in total. The molecular formula is C21H20BrN3O3. The number of pyridine rings is 2. The Bertz CT molecular complexity index is 933. The van der Waals surface area contributed by atoms with E-state index in [4.69, 9.17) is 9.84 Å². The highest BCUT2D eigenvalue weighted by atomic mass is 79.9. The Morgan fingerprint density at radius 2 is 1.96 bits per heavy atom. The molecule has 2 heterocycles. The van der Waals surface area contributed by atoms with Crippen LogP contribution in [0.5, 0.6) is 5.75 Å². The van der Waals surface area contributed by atoms with Crippen molar-refractivity contribution in [1.82, 2.24) is 9.97 Å². The summed E-state index contributed by atoms with van der Waals surface area (Å²) in [5.74, 6) is 0.522. The van der Waals surface area contributed by atoms with Gasteiger partial charge in [0.05, 0.1) is 5.56 Å². The van der Waals surface area contributed by atoms with Crippen molar-refractivity contribution in [2.45, 2.75) is 20.1 Å². The average Bonchev–Trinajstić information content (AvgIpc) is 2.72. The molecule has 0 aliphatic carbocycles. The molecule has 0 aliphatic rings. The molecule has 0 fully saturated rings.